The summed E-state index contributed by atoms with van der Waals surface area (Å²) in [6.45, 7) is 1.86. The van der Waals surface area contributed by atoms with E-state index in [2.05, 4.69) is 4.98 Å². The lowest BCUT2D eigenvalue weighted by Gasteiger charge is -2.05. The van der Waals surface area contributed by atoms with E-state index in [-0.39, 0.29) is 0 Å². The van der Waals surface area contributed by atoms with Gasteiger partial charge in [0.2, 0.25) is 0 Å². The zero-order valence-corrected chi connectivity index (χ0v) is 7.40. The van der Waals surface area contributed by atoms with E-state index in [0.29, 0.717) is 6.42 Å². The second kappa shape index (κ2) is 4.00. The number of hydrogen-bond acceptors (Lipinski definition) is 3. The van der Waals surface area contributed by atoms with E-state index in [1.165, 1.54) is 0 Å². The number of pyridine rings is 1. The summed E-state index contributed by atoms with van der Waals surface area (Å²) >= 11 is 0. The number of carboxylic acids is 1. The normalized spacial score (nSPS) is 12.5. The first-order valence-corrected chi connectivity index (χ1v) is 3.99. The molecule has 0 fully saturated rings. The van der Waals surface area contributed by atoms with Crippen molar-refractivity contribution in [2.24, 2.45) is 5.73 Å². The van der Waals surface area contributed by atoms with Gasteiger partial charge in [-0.2, -0.15) is 0 Å². The molecule has 1 heterocycles. The molecule has 0 aliphatic carbocycles. The van der Waals surface area contributed by atoms with Crippen molar-refractivity contribution < 1.29 is 9.90 Å². The molecule has 0 amide bonds. The lowest BCUT2D eigenvalue weighted by Crippen LogP contribution is -2.32. The summed E-state index contributed by atoms with van der Waals surface area (Å²) in [7, 11) is 0. The van der Waals surface area contributed by atoms with Gasteiger partial charge in [-0.1, -0.05) is 0 Å². The largest absolute Gasteiger partial charge is 0.480 e. The monoisotopic (exact) mass is 180 g/mol. The van der Waals surface area contributed by atoms with Gasteiger partial charge in [0.25, 0.3) is 0 Å². The van der Waals surface area contributed by atoms with Crippen LogP contribution in [0.1, 0.15) is 11.3 Å². The van der Waals surface area contributed by atoms with E-state index in [1.807, 2.05) is 13.0 Å². The predicted octanol–water partition coefficient (Wildman–Crippen LogP) is 0.344. The Morgan fingerprint density at radius 1 is 1.77 bits per heavy atom. The fourth-order valence-corrected chi connectivity index (χ4v) is 1.07. The van der Waals surface area contributed by atoms with Crippen LogP contribution in [0.4, 0.5) is 0 Å². The summed E-state index contributed by atoms with van der Waals surface area (Å²) in [6.07, 6.45) is 2.00. The zero-order chi connectivity index (χ0) is 9.84. The SMILES string of the molecule is Cc1cc(C[C@@H](N)C(=O)O)ccn1. The number of aryl methyl sites for hydroxylation is 1. The molecule has 0 radical (unpaired) electrons. The number of carbonyl (C=O) groups is 1. The molecular weight excluding hydrogens is 168 g/mol. The van der Waals surface area contributed by atoms with Crippen molar-refractivity contribution >= 4 is 5.97 Å². The van der Waals surface area contributed by atoms with Crippen molar-refractivity contribution in [3.63, 3.8) is 0 Å². The lowest BCUT2D eigenvalue weighted by atomic mass is 10.1. The Kier molecular flexibility index (Phi) is 2.97. The molecule has 0 spiro atoms. The third kappa shape index (κ3) is 2.83. The zero-order valence-electron chi connectivity index (χ0n) is 7.40. The third-order valence-electron chi connectivity index (χ3n) is 1.73. The Hall–Kier alpha value is -1.42. The van der Waals surface area contributed by atoms with E-state index in [0.717, 1.165) is 11.3 Å². The van der Waals surface area contributed by atoms with Crippen LogP contribution in [0.2, 0.25) is 0 Å². The molecule has 0 saturated heterocycles. The summed E-state index contributed by atoms with van der Waals surface area (Å²) < 4.78 is 0. The highest BCUT2D eigenvalue weighted by Gasteiger charge is 2.11. The molecule has 1 aromatic heterocycles. The Morgan fingerprint density at radius 2 is 2.46 bits per heavy atom. The van der Waals surface area contributed by atoms with Crippen molar-refractivity contribution in [3.8, 4) is 0 Å². The molecule has 0 unspecified atom stereocenters. The molecule has 1 atom stereocenters. The fraction of sp³-hybridized carbons (Fsp3) is 0.333. The molecule has 0 bridgehead atoms. The molecule has 13 heavy (non-hydrogen) atoms. The van der Waals surface area contributed by atoms with Crippen LogP contribution in [0.3, 0.4) is 0 Å². The number of nitrogens with zero attached hydrogens (tertiary/aromatic N) is 1. The second-order valence-electron chi connectivity index (χ2n) is 2.95. The molecular formula is C9H12N2O2. The summed E-state index contributed by atoms with van der Waals surface area (Å²) in [6, 6.07) is 2.78. The molecule has 0 aromatic carbocycles. The summed E-state index contributed by atoms with van der Waals surface area (Å²) in [5, 5.41) is 8.57. The van der Waals surface area contributed by atoms with Crippen molar-refractivity contribution in [1.29, 1.82) is 0 Å². The Morgan fingerprint density at radius 3 is 3.00 bits per heavy atom. The van der Waals surface area contributed by atoms with Gasteiger partial charge in [0.1, 0.15) is 6.04 Å². The second-order valence-corrected chi connectivity index (χ2v) is 2.95. The standard InChI is InChI=1S/C9H12N2O2/c1-6-4-7(2-3-11-6)5-8(10)9(12)13/h2-4,8H,5,10H2,1H3,(H,12,13)/t8-/m1/s1. The van der Waals surface area contributed by atoms with Gasteiger partial charge in [-0.05, 0) is 31.0 Å². The Balaban J connectivity index is 2.69. The maximum atomic E-state index is 10.4. The minimum atomic E-state index is -0.977. The molecule has 1 rings (SSSR count). The number of hydrogen-bond donors (Lipinski definition) is 2. The number of carboxylic acid groups (broad SMARTS) is 1. The number of aliphatic carboxylic acids is 1. The van der Waals surface area contributed by atoms with Gasteiger partial charge in [0, 0.05) is 11.9 Å². The van der Waals surface area contributed by atoms with Gasteiger partial charge in [-0.15, -0.1) is 0 Å². The maximum Gasteiger partial charge on any atom is 0.320 e. The van der Waals surface area contributed by atoms with Crippen LogP contribution in [0, 0.1) is 6.92 Å². The molecule has 4 heteroatoms. The number of rotatable bonds is 3. The predicted molar refractivity (Wildman–Crippen MR) is 48.3 cm³/mol. The van der Waals surface area contributed by atoms with Gasteiger partial charge in [-0.3, -0.25) is 9.78 Å². The summed E-state index contributed by atoms with van der Waals surface area (Å²) in [5.41, 5.74) is 7.15. The molecule has 1 aromatic rings. The molecule has 4 nitrogen and oxygen atoms in total. The molecule has 0 aliphatic heterocycles. The van der Waals surface area contributed by atoms with Gasteiger partial charge in [-0.25, -0.2) is 0 Å². The van der Waals surface area contributed by atoms with Crippen molar-refractivity contribution in [3.05, 3.63) is 29.6 Å². The molecule has 3 N–H and O–H groups in total. The highest BCUT2D eigenvalue weighted by molar-refractivity contribution is 5.73. The quantitative estimate of drug-likeness (QED) is 0.703. The summed E-state index contributed by atoms with van der Waals surface area (Å²) in [5.74, 6) is -0.977. The van der Waals surface area contributed by atoms with Gasteiger partial charge in [0.15, 0.2) is 0 Å². The number of nitrogens with two attached hydrogens (primary N) is 1. The van der Waals surface area contributed by atoms with E-state index in [1.54, 1.807) is 12.3 Å². The third-order valence-corrected chi connectivity index (χ3v) is 1.73. The first-order chi connectivity index (χ1) is 6.09. The topological polar surface area (TPSA) is 76.2 Å². The van der Waals surface area contributed by atoms with Gasteiger partial charge >= 0.3 is 5.97 Å². The van der Waals surface area contributed by atoms with Crippen LogP contribution >= 0.6 is 0 Å². The van der Waals surface area contributed by atoms with Crippen LogP contribution in [0.15, 0.2) is 18.3 Å². The van der Waals surface area contributed by atoms with Crippen LogP contribution in [0.25, 0.3) is 0 Å². The van der Waals surface area contributed by atoms with Crippen LogP contribution in [-0.4, -0.2) is 22.1 Å². The van der Waals surface area contributed by atoms with Crippen molar-refractivity contribution in [2.45, 2.75) is 19.4 Å². The Labute approximate surface area is 76.4 Å². The Bertz CT molecular complexity index is 312. The van der Waals surface area contributed by atoms with E-state index < -0.39 is 12.0 Å². The van der Waals surface area contributed by atoms with Gasteiger partial charge < -0.3 is 10.8 Å². The highest BCUT2D eigenvalue weighted by atomic mass is 16.4. The van der Waals surface area contributed by atoms with E-state index >= 15 is 0 Å². The smallest absolute Gasteiger partial charge is 0.320 e. The average Bonchev–Trinajstić information content (AvgIpc) is 2.04. The van der Waals surface area contributed by atoms with Crippen molar-refractivity contribution in [1.82, 2.24) is 4.98 Å². The average molecular weight is 180 g/mol. The van der Waals surface area contributed by atoms with E-state index in [4.69, 9.17) is 10.8 Å². The van der Waals surface area contributed by atoms with Gasteiger partial charge in [0.05, 0.1) is 0 Å². The molecule has 70 valence electrons. The maximum absolute atomic E-state index is 10.4. The highest BCUT2D eigenvalue weighted by Crippen LogP contribution is 2.03. The number of aromatic nitrogens is 1. The molecule has 0 saturated carbocycles. The van der Waals surface area contributed by atoms with Crippen LogP contribution in [-0.2, 0) is 11.2 Å². The molecule has 0 aliphatic rings. The first-order valence-electron chi connectivity index (χ1n) is 3.99. The van der Waals surface area contributed by atoms with Crippen LogP contribution in [0.5, 0.6) is 0 Å². The minimum Gasteiger partial charge on any atom is -0.480 e. The fourth-order valence-electron chi connectivity index (χ4n) is 1.07. The van der Waals surface area contributed by atoms with Crippen molar-refractivity contribution in [2.75, 3.05) is 0 Å². The van der Waals surface area contributed by atoms with E-state index in [9.17, 15) is 4.79 Å². The minimum absolute atomic E-state index is 0.346. The summed E-state index contributed by atoms with van der Waals surface area (Å²) in [4.78, 5) is 14.5. The lowest BCUT2D eigenvalue weighted by molar-refractivity contribution is -0.138. The van der Waals surface area contributed by atoms with Crippen LogP contribution < -0.4 is 5.73 Å². The first kappa shape index (κ1) is 9.67.